The molecule has 0 aromatic heterocycles. The topological polar surface area (TPSA) is 61.4 Å². The second kappa shape index (κ2) is 9.33. The minimum atomic E-state index is -0.0563. The second-order valence-corrected chi connectivity index (χ2v) is 8.52. The van der Waals surface area contributed by atoms with Crippen LogP contribution in [-0.2, 0) is 4.79 Å². The first-order valence-corrected chi connectivity index (χ1v) is 11.1. The normalized spacial score (nSPS) is 18.4. The molecule has 158 valence electrons. The standard InChI is InChI=1S/C25H31N3O2/c1-18(19-8-3-2-4-9-19)26-25(30)22-12-5-6-13-23(22)28-16-14-21(15-17-28)27-24(29)20-10-7-11-20/h2-6,8-9,12-13,18,20-21H,7,10-11,14-17H2,1H3,(H,26,30)(H,27,29)/t18-/m0/s1. The van der Waals surface area contributed by atoms with Crippen molar-refractivity contribution in [2.24, 2.45) is 5.92 Å². The average Bonchev–Trinajstić information content (AvgIpc) is 2.73. The number of nitrogens with one attached hydrogen (secondary N) is 2. The van der Waals surface area contributed by atoms with E-state index in [4.69, 9.17) is 0 Å². The van der Waals surface area contributed by atoms with Crippen molar-refractivity contribution in [3.8, 4) is 0 Å². The molecule has 0 unspecified atom stereocenters. The Morgan fingerprint density at radius 2 is 1.60 bits per heavy atom. The van der Waals surface area contributed by atoms with Crippen LogP contribution in [0.2, 0.25) is 0 Å². The highest BCUT2D eigenvalue weighted by atomic mass is 16.2. The third kappa shape index (κ3) is 4.66. The van der Waals surface area contributed by atoms with Gasteiger partial charge in [0, 0.05) is 30.7 Å². The molecule has 2 fully saturated rings. The average molecular weight is 406 g/mol. The number of benzene rings is 2. The van der Waals surface area contributed by atoms with Crippen molar-refractivity contribution in [1.29, 1.82) is 0 Å². The van der Waals surface area contributed by atoms with E-state index in [0.717, 1.165) is 50.0 Å². The van der Waals surface area contributed by atoms with Gasteiger partial charge in [-0.3, -0.25) is 9.59 Å². The molecule has 5 heteroatoms. The Labute approximate surface area is 178 Å². The molecule has 2 aromatic carbocycles. The first kappa shape index (κ1) is 20.5. The molecule has 1 aliphatic heterocycles. The van der Waals surface area contributed by atoms with Gasteiger partial charge in [-0.2, -0.15) is 0 Å². The maximum atomic E-state index is 13.0. The fraction of sp³-hybridized carbons (Fsp3) is 0.440. The lowest BCUT2D eigenvalue weighted by molar-refractivity contribution is -0.128. The minimum absolute atomic E-state index is 0.0534. The summed E-state index contributed by atoms with van der Waals surface area (Å²) in [7, 11) is 0. The highest BCUT2D eigenvalue weighted by Gasteiger charge is 2.29. The van der Waals surface area contributed by atoms with Gasteiger partial charge in [-0.1, -0.05) is 48.9 Å². The highest BCUT2D eigenvalue weighted by molar-refractivity contribution is 6.00. The van der Waals surface area contributed by atoms with Gasteiger partial charge in [0.15, 0.2) is 0 Å². The molecule has 2 N–H and O–H groups in total. The van der Waals surface area contributed by atoms with Crippen LogP contribution in [0.5, 0.6) is 0 Å². The zero-order valence-electron chi connectivity index (χ0n) is 17.6. The van der Waals surface area contributed by atoms with Crippen molar-refractivity contribution in [3.05, 3.63) is 65.7 Å². The largest absolute Gasteiger partial charge is 0.371 e. The predicted molar refractivity (Wildman–Crippen MR) is 119 cm³/mol. The molecule has 2 amide bonds. The van der Waals surface area contributed by atoms with Gasteiger partial charge in [0.1, 0.15) is 0 Å². The van der Waals surface area contributed by atoms with Crippen LogP contribution in [0.4, 0.5) is 5.69 Å². The lowest BCUT2D eigenvalue weighted by Gasteiger charge is -2.36. The molecular formula is C25H31N3O2. The Morgan fingerprint density at radius 1 is 0.933 bits per heavy atom. The molecule has 1 aliphatic carbocycles. The van der Waals surface area contributed by atoms with E-state index >= 15 is 0 Å². The van der Waals surface area contributed by atoms with E-state index in [9.17, 15) is 9.59 Å². The minimum Gasteiger partial charge on any atom is -0.371 e. The summed E-state index contributed by atoms with van der Waals surface area (Å²) in [4.78, 5) is 27.5. The summed E-state index contributed by atoms with van der Waals surface area (Å²) in [5.74, 6) is 0.413. The molecule has 30 heavy (non-hydrogen) atoms. The maximum absolute atomic E-state index is 13.0. The molecule has 2 aromatic rings. The molecule has 0 radical (unpaired) electrons. The second-order valence-electron chi connectivity index (χ2n) is 8.52. The van der Waals surface area contributed by atoms with Crippen LogP contribution >= 0.6 is 0 Å². The fourth-order valence-electron chi connectivity index (χ4n) is 4.30. The Morgan fingerprint density at radius 3 is 2.27 bits per heavy atom. The van der Waals surface area contributed by atoms with Crippen molar-refractivity contribution >= 4 is 17.5 Å². The highest BCUT2D eigenvalue weighted by Crippen LogP contribution is 2.28. The lowest BCUT2D eigenvalue weighted by atomic mass is 9.84. The third-order valence-electron chi connectivity index (χ3n) is 6.45. The van der Waals surface area contributed by atoms with Gasteiger partial charge in [-0.15, -0.1) is 0 Å². The van der Waals surface area contributed by atoms with Crippen LogP contribution in [-0.4, -0.2) is 30.9 Å². The first-order valence-electron chi connectivity index (χ1n) is 11.1. The summed E-state index contributed by atoms with van der Waals surface area (Å²) in [6.07, 6.45) is 5.07. The molecule has 2 aliphatic rings. The summed E-state index contributed by atoms with van der Waals surface area (Å²) in [5.41, 5.74) is 2.77. The zero-order valence-corrected chi connectivity index (χ0v) is 17.6. The number of anilines is 1. The number of hydrogen-bond donors (Lipinski definition) is 2. The van der Waals surface area contributed by atoms with Gasteiger partial charge in [-0.25, -0.2) is 0 Å². The number of para-hydroxylation sites is 1. The fourth-order valence-corrected chi connectivity index (χ4v) is 4.30. The number of carbonyl (C=O) groups excluding carboxylic acids is 2. The molecule has 1 saturated heterocycles. The summed E-state index contributed by atoms with van der Waals surface area (Å²) in [6, 6.07) is 18.0. The maximum Gasteiger partial charge on any atom is 0.253 e. The van der Waals surface area contributed by atoms with Gasteiger partial charge in [0.2, 0.25) is 5.91 Å². The number of hydrogen-bond acceptors (Lipinski definition) is 3. The Hall–Kier alpha value is -2.82. The van der Waals surface area contributed by atoms with E-state index in [2.05, 4.69) is 15.5 Å². The summed E-state index contributed by atoms with van der Waals surface area (Å²) in [5, 5.41) is 6.36. The smallest absolute Gasteiger partial charge is 0.253 e. The molecule has 4 rings (SSSR count). The molecular weight excluding hydrogens is 374 g/mol. The molecule has 0 spiro atoms. The van der Waals surface area contributed by atoms with Crippen molar-refractivity contribution in [2.75, 3.05) is 18.0 Å². The quantitative estimate of drug-likeness (QED) is 0.762. The Bertz CT molecular complexity index is 871. The number of rotatable bonds is 6. The van der Waals surface area contributed by atoms with Crippen molar-refractivity contribution in [1.82, 2.24) is 10.6 Å². The van der Waals surface area contributed by atoms with E-state index < -0.39 is 0 Å². The molecule has 0 bridgehead atoms. The van der Waals surface area contributed by atoms with Crippen LogP contribution < -0.4 is 15.5 Å². The van der Waals surface area contributed by atoms with E-state index in [1.807, 2.05) is 61.5 Å². The molecule has 1 atom stereocenters. The van der Waals surface area contributed by atoms with E-state index in [1.54, 1.807) is 0 Å². The van der Waals surface area contributed by atoms with E-state index in [-0.39, 0.29) is 29.8 Å². The van der Waals surface area contributed by atoms with Crippen molar-refractivity contribution in [3.63, 3.8) is 0 Å². The predicted octanol–water partition coefficient (Wildman–Crippen LogP) is 4.06. The first-order chi connectivity index (χ1) is 14.6. The van der Waals surface area contributed by atoms with Gasteiger partial charge in [0.25, 0.3) is 5.91 Å². The molecule has 1 heterocycles. The molecule has 5 nitrogen and oxygen atoms in total. The van der Waals surface area contributed by atoms with Gasteiger partial charge >= 0.3 is 0 Å². The summed E-state index contributed by atoms with van der Waals surface area (Å²) in [6.45, 7) is 3.69. The Balaban J connectivity index is 1.37. The number of piperidine rings is 1. The monoisotopic (exact) mass is 405 g/mol. The number of nitrogens with zero attached hydrogens (tertiary/aromatic N) is 1. The number of carbonyl (C=O) groups is 2. The number of amides is 2. The zero-order chi connectivity index (χ0) is 20.9. The summed E-state index contributed by atoms with van der Waals surface area (Å²) >= 11 is 0. The van der Waals surface area contributed by atoms with Crippen LogP contribution in [0, 0.1) is 5.92 Å². The van der Waals surface area contributed by atoms with E-state index in [0.29, 0.717) is 5.56 Å². The SMILES string of the molecule is C[C@H](NC(=O)c1ccccc1N1CCC(NC(=O)C2CCC2)CC1)c1ccccc1. The van der Waals surface area contributed by atoms with Gasteiger partial charge in [0.05, 0.1) is 11.6 Å². The van der Waals surface area contributed by atoms with Gasteiger partial charge in [-0.05, 0) is 50.3 Å². The lowest BCUT2D eigenvalue weighted by Crippen LogP contribution is -2.47. The van der Waals surface area contributed by atoms with Crippen LogP contribution in [0.3, 0.4) is 0 Å². The molecule has 1 saturated carbocycles. The van der Waals surface area contributed by atoms with Crippen molar-refractivity contribution in [2.45, 2.75) is 51.1 Å². The van der Waals surface area contributed by atoms with Crippen LogP contribution in [0.1, 0.15) is 61.0 Å². The third-order valence-corrected chi connectivity index (χ3v) is 6.45. The van der Waals surface area contributed by atoms with Gasteiger partial charge < -0.3 is 15.5 Å². The summed E-state index contributed by atoms with van der Waals surface area (Å²) < 4.78 is 0. The van der Waals surface area contributed by atoms with Crippen LogP contribution in [0.25, 0.3) is 0 Å². The van der Waals surface area contributed by atoms with Crippen LogP contribution in [0.15, 0.2) is 54.6 Å². The van der Waals surface area contributed by atoms with Crippen molar-refractivity contribution < 1.29 is 9.59 Å². The Kier molecular flexibility index (Phi) is 6.36. The van der Waals surface area contributed by atoms with E-state index in [1.165, 1.54) is 6.42 Å².